The van der Waals surface area contributed by atoms with Gasteiger partial charge in [0.15, 0.2) is 11.2 Å². The van der Waals surface area contributed by atoms with E-state index < -0.39 is 18.5 Å². The van der Waals surface area contributed by atoms with Crippen LogP contribution in [0.4, 0.5) is 4.39 Å². The summed E-state index contributed by atoms with van der Waals surface area (Å²) in [5.74, 6) is -0.897. The molecule has 0 saturated carbocycles. The lowest BCUT2D eigenvalue weighted by Crippen LogP contribution is -2.42. The molecule has 1 aliphatic rings. The minimum absolute atomic E-state index is 0.0660. The number of fused-ring (bicyclic) bond motifs is 2. The molecule has 5 aromatic carbocycles. The Morgan fingerprint density at radius 2 is 1.21 bits per heavy atom. The SMILES string of the molecule is O=C1C(c2cccc(F)c2)=Cc2c([n+](=O)c3ccccc3n2O)C1=P(c1ccccc1)(c1ccccc1)c1ccccc1. The van der Waals surface area contributed by atoms with Crippen LogP contribution in [-0.4, -0.2) is 21.0 Å². The van der Waals surface area contributed by atoms with Gasteiger partial charge in [0, 0.05) is 16.5 Å². The number of carbonyl (C=O) groups is 1. The van der Waals surface area contributed by atoms with Gasteiger partial charge < -0.3 is 5.21 Å². The lowest BCUT2D eigenvalue weighted by Gasteiger charge is -2.32. The maximum Gasteiger partial charge on any atom is 0.302 e. The van der Waals surface area contributed by atoms with Crippen LogP contribution in [0.2, 0.25) is 0 Å². The van der Waals surface area contributed by atoms with Crippen molar-refractivity contribution >= 4 is 56.6 Å². The fourth-order valence-corrected chi connectivity index (χ4v) is 10.5. The number of halogens is 1. The standard InChI is InChI=1S/C36H25FN2O3P/c37-26-14-12-13-25(23-26)30-24-33-34(39(42)32-22-11-10-21-31(32)38(33)41)36(35(30)40)43(27-15-4-1-5-16-27,28-17-6-2-7-18-28)29-19-8-3-9-20-29/h1-24,41H/q+1. The molecule has 6 aromatic rings. The Morgan fingerprint density at radius 3 is 1.77 bits per heavy atom. The number of benzene rings is 5. The van der Waals surface area contributed by atoms with Gasteiger partial charge in [0.05, 0.1) is 4.43 Å². The van der Waals surface area contributed by atoms with E-state index in [2.05, 4.69) is 0 Å². The predicted octanol–water partition coefficient (Wildman–Crippen LogP) is 5.57. The summed E-state index contributed by atoms with van der Waals surface area (Å²) in [6, 6.07) is 41.7. The van der Waals surface area contributed by atoms with Crippen LogP contribution in [0.3, 0.4) is 0 Å². The number of nitrogens with zero attached hydrogens (tertiary/aromatic N) is 2. The highest BCUT2D eigenvalue weighted by Crippen LogP contribution is 2.50. The Morgan fingerprint density at radius 1 is 0.674 bits per heavy atom. The van der Waals surface area contributed by atoms with Crippen molar-refractivity contribution in [3.05, 3.63) is 167 Å². The number of aromatic nitrogens is 2. The van der Waals surface area contributed by atoms with Crippen LogP contribution in [-0.2, 0) is 4.79 Å². The van der Waals surface area contributed by atoms with Gasteiger partial charge in [-0.1, -0.05) is 115 Å². The first-order valence-corrected chi connectivity index (χ1v) is 15.6. The van der Waals surface area contributed by atoms with E-state index in [-0.39, 0.29) is 33.3 Å². The molecule has 1 aliphatic carbocycles. The number of carbonyl (C=O) groups excluding carboxylic acids is 1. The van der Waals surface area contributed by atoms with Crippen LogP contribution in [0, 0.1) is 10.7 Å². The Labute approximate surface area is 247 Å². The van der Waals surface area contributed by atoms with Crippen LogP contribution < -0.4 is 20.3 Å². The van der Waals surface area contributed by atoms with Crippen molar-refractivity contribution in [2.24, 2.45) is 0 Å². The van der Waals surface area contributed by atoms with Crippen molar-refractivity contribution in [2.75, 3.05) is 0 Å². The maximum atomic E-state index is 15.1. The van der Waals surface area contributed by atoms with E-state index in [4.69, 9.17) is 0 Å². The predicted molar refractivity (Wildman–Crippen MR) is 171 cm³/mol. The quantitative estimate of drug-likeness (QED) is 0.168. The second-order valence-electron chi connectivity index (χ2n) is 10.3. The third-order valence-corrected chi connectivity index (χ3v) is 12.2. The van der Waals surface area contributed by atoms with Gasteiger partial charge in [-0.2, -0.15) is 4.73 Å². The highest BCUT2D eigenvalue weighted by molar-refractivity contribution is 7.97. The van der Waals surface area contributed by atoms with E-state index in [9.17, 15) is 14.5 Å². The molecule has 0 bridgehead atoms. The maximum absolute atomic E-state index is 15.1. The number of para-hydroxylation sites is 2. The summed E-state index contributed by atoms with van der Waals surface area (Å²) in [5, 5.41) is 14.5. The molecule has 208 valence electrons. The van der Waals surface area contributed by atoms with E-state index in [1.54, 1.807) is 36.4 Å². The van der Waals surface area contributed by atoms with Gasteiger partial charge in [-0.3, -0.25) is 4.79 Å². The number of Topliss-reactive ketones (excluding diaryl/α,β-unsaturated/α-hetero) is 1. The van der Waals surface area contributed by atoms with E-state index >= 15 is 4.79 Å². The summed E-state index contributed by atoms with van der Waals surface area (Å²) in [5.41, 5.74) is 1.25. The molecule has 43 heavy (non-hydrogen) atoms. The van der Waals surface area contributed by atoms with Gasteiger partial charge in [0.25, 0.3) is 5.52 Å². The van der Waals surface area contributed by atoms with Crippen molar-refractivity contribution in [1.29, 1.82) is 0 Å². The fraction of sp³-hybridized carbons (Fsp3) is 0. The molecular formula is C36H25FN2O3P+. The fourth-order valence-electron chi connectivity index (χ4n) is 6.02. The second kappa shape index (κ2) is 10.5. The largest absolute Gasteiger partial charge is 0.427 e. The van der Waals surface area contributed by atoms with Gasteiger partial charge in [0.2, 0.25) is 5.78 Å². The molecule has 0 amide bonds. The summed E-state index contributed by atoms with van der Waals surface area (Å²) in [7, 11) is 0. The average molecular weight is 584 g/mol. The van der Waals surface area contributed by atoms with Crippen molar-refractivity contribution in [1.82, 2.24) is 4.73 Å². The molecule has 0 spiro atoms. The highest BCUT2D eigenvalue weighted by Gasteiger charge is 2.45. The van der Waals surface area contributed by atoms with Gasteiger partial charge in [0.1, 0.15) is 11.1 Å². The third-order valence-electron chi connectivity index (χ3n) is 7.87. The molecule has 1 aromatic heterocycles. The lowest BCUT2D eigenvalue weighted by atomic mass is 9.92. The van der Waals surface area contributed by atoms with Crippen molar-refractivity contribution in [3.8, 4) is 0 Å². The summed E-state index contributed by atoms with van der Waals surface area (Å²) >= 11 is 0. The van der Waals surface area contributed by atoms with Crippen LogP contribution in [0.5, 0.6) is 0 Å². The zero-order chi connectivity index (χ0) is 29.6. The summed E-state index contributed by atoms with van der Waals surface area (Å²) in [4.78, 5) is 29.6. The van der Waals surface area contributed by atoms with Crippen LogP contribution >= 0.6 is 6.89 Å². The molecule has 5 nitrogen and oxygen atoms in total. The smallest absolute Gasteiger partial charge is 0.302 e. The van der Waals surface area contributed by atoms with Crippen molar-refractivity contribution < 1.29 is 18.8 Å². The Balaban J connectivity index is 1.81. The van der Waals surface area contributed by atoms with Crippen molar-refractivity contribution in [2.45, 2.75) is 0 Å². The van der Waals surface area contributed by atoms with Crippen LogP contribution in [0.15, 0.2) is 140 Å². The summed E-state index contributed by atoms with van der Waals surface area (Å²) in [6.07, 6.45) is 1.49. The first-order chi connectivity index (χ1) is 21.0. The van der Waals surface area contributed by atoms with Gasteiger partial charge >= 0.3 is 5.69 Å². The molecule has 0 aliphatic heterocycles. The van der Waals surface area contributed by atoms with Gasteiger partial charge in [-0.25, -0.2) is 4.39 Å². The summed E-state index contributed by atoms with van der Waals surface area (Å²) in [6.45, 7) is -3.12. The monoisotopic (exact) mass is 583 g/mol. The molecule has 7 heteroatoms. The van der Waals surface area contributed by atoms with Crippen LogP contribution in [0.25, 0.3) is 22.7 Å². The zero-order valence-corrected chi connectivity index (χ0v) is 23.7. The average Bonchev–Trinajstić information content (AvgIpc) is 3.06. The molecular weight excluding hydrogens is 558 g/mol. The van der Waals surface area contributed by atoms with Crippen LogP contribution in [0.1, 0.15) is 17.0 Å². The number of allylic oxidation sites excluding steroid dienone is 1. The molecule has 7 rings (SSSR count). The first kappa shape index (κ1) is 26.6. The highest BCUT2D eigenvalue weighted by atomic mass is 31.2. The Hall–Kier alpha value is -5.32. The number of hydrogen-bond donors (Lipinski definition) is 1. The third kappa shape index (κ3) is 4.10. The molecule has 1 heterocycles. The van der Waals surface area contributed by atoms with E-state index in [0.29, 0.717) is 5.56 Å². The minimum atomic E-state index is -3.12. The summed E-state index contributed by atoms with van der Waals surface area (Å²) < 4.78 is 16.3. The molecule has 0 saturated heterocycles. The number of ketones is 1. The Bertz CT molecular complexity index is 2090. The number of rotatable bonds is 4. The van der Waals surface area contributed by atoms with E-state index in [1.807, 2.05) is 91.0 Å². The topological polar surface area (TPSA) is 65.2 Å². The first-order valence-electron chi connectivity index (χ1n) is 13.8. The molecule has 0 atom stereocenters. The lowest BCUT2D eigenvalue weighted by molar-refractivity contribution is -0.466. The molecule has 0 radical (unpaired) electrons. The normalized spacial score (nSPS) is 13.1. The van der Waals surface area contributed by atoms with E-state index in [0.717, 1.165) is 25.1 Å². The number of hydrogen-bond acceptors (Lipinski definition) is 3. The van der Waals surface area contributed by atoms with Gasteiger partial charge in [-0.05, 0) is 52.6 Å². The van der Waals surface area contributed by atoms with Gasteiger partial charge in [-0.15, -0.1) is 0 Å². The second-order valence-corrected chi connectivity index (χ2v) is 13.6. The molecule has 0 unspecified atom stereocenters. The van der Waals surface area contributed by atoms with Crippen molar-refractivity contribution in [3.63, 3.8) is 0 Å². The zero-order valence-electron chi connectivity index (χ0n) is 22.8. The molecule has 0 fully saturated rings. The van der Waals surface area contributed by atoms with E-state index in [1.165, 1.54) is 18.2 Å². The Kier molecular flexibility index (Phi) is 6.49. The molecule has 1 N–H and O–H groups in total. The minimum Gasteiger partial charge on any atom is -0.427 e.